The molecule has 1 unspecified atom stereocenters. The minimum absolute atomic E-state index is 0.00241. The maximum absolute atomic E-state index is 10.7. The summed E-state index contributed by atoms with van der Waals surface area (Å²) in [4.78, 5) is 18.5. The topological polar surface area (TPSA) is 75.1 Å². The molecule has 0 aliphatic heterocycles. The number of hydrogen-bond donors (Lipinski definition) is 2. The summed E-state index contributed by atoms with van der Waals surface area (Å²) in [6.07, 6.45) is 5.45. The van der Waals surface area contributed by atoms with E-state index in [4.69, 9.17) is 5.11 Å². The lowest BCUT2D eigenvalue weighted by molar-refractivity contribution is -0.137. The molecule has 1 saturated carbocycles. The summed E-state index contributed by atoms with van der Waals surface area (Å²) >= 11 is 0. The van der Waals surface area contributed by atoms with Gasteiger partial charge in [-0.15, -0.1) is 0 Å². The molecule has 2 rings (SSSR count). The van der Waals surface area contributed by atoms with Crippen LogP contribution in [0, 0.1) is 5.92 Å². The van der Waals surface area contributed by atoms with Gasteiger partial charge < -0.3 is 10.4 Å². The van der Waals surface area contributed by atoms with Crippen LogP contribution in [0.1, 0.15) is 19.3 Å². The fourth-order valence-electron chi connectivity index (χ4n) is 1.59. The van der Waals surface area contributed by atoms with Crippen molar-refractivity contribution in [3.8, 4) is 0 Å². The van der Waals surface area contributed by atoms with Gasteiger partial charge in [0.25, 0.3) is 0 Å². The van der Waals surface area contributed by atoms with Crippen LogP contribution in [0.2, 0.25) is 0 Å². The summed E-state index contributed by atoms with van der Waals surface area (Å²) in [5.41, 5.74) is 0. The van der Waals surface area contributed by atoms with Gasteiger partial charge in [-0.25, -0.2) is 9.97 Å². The number of carbonyl (C=O) groups is 1. The average Bonchev–Trinajstić information content (AvgIpc) is 3.01. The highest BCUT2D eigenvalue weighted by molar-refractivity contribution is 5.68. The van der Waals surface area contributed by atoms with E-state index in [2.05, 4.69) is 15.3 Å². The molecule has 0 aromatic carbocycles. The lowest BCUT2D eigenvalue weighted by Gasteiger charge is -2.16. The van der Waals surface area contributed by atoms with Crippen molar-refractivity contribution in [1.82, 2.24) is 9.97 Å². The molecule has 0 amide bonds. The zero-order chi connectivity index (χ0) is 10.7. The lowest BCUT2D eigenvalue weighted by Crippen LogP contribution is -2.25. The molecular formula is C10H13N3O2. The van der Waals surface area contributed by atoms with Gasteiger partial charge in [-0.2, -0.15) is 0 Å². The van der Waals surface area contributed by atoms with Gasteiger partial charge in [0.2, 0.25) is 0 Å². The van der Waals surface area contributed by atoms with E-state index < -0.39 is 5.97 Å². The van der Waals surface area contributed by atoms with E-state index in [1.807, 2.05) is 0 Å². The molecule has 1 aromatic heterocycles. The summed E-state index contributed by atoms with van der Waals surface area (Å²) in [6, 6.07) is 1.74. The predicted molar refractivity (Wildman–Crippen MR) is 54.4 cm³/mol. The Labute approximate surface area is 87.6 Å². The van der Waals surface area contributed by atoms with Crippen LogP contribution in [0.25, 0.3) is 0 Å². The number of carboxylic acids is 1. The number of nitrogens with one attached hydrogen (secondary N) is 1. The molecule has 1 heterocycles. The summed E-state index contributed by atoms with van der Waals surface area (Å²) < 4.78 is 0. The summed E-state index contributed by atoms with van der Waals surface area (Å²) in [7, 11) is 0. The first kappa shape index (κ1) is 9.89. The number of anilines is 1. The van der Waals surface area contributed by atoms with Crippen molar-refractivity contribution < 1.29 is 9.90 Å². The SMILES string of the molecule is O=C(O)CC(Nc1ccncn1)C1CC1. The van der Waals surface area contributed by atoms with Crippen molar-refractivity contribution in [1.29, 1.82) is 0 Å². The largest absolute Gasteiger partial charge is 0.481 e. The van der Waals surface area contributed by atoms with Crippen molar-refractivity contribution in [3.63, 3.8) is 0 Å². The second-order valence-corrected chi connectivity index (χ2v) is 3.78. The molecule has 1 aliphatic carbocycles. The molecule has 1 aliphatic rings. The standard InChI is InChI=1S/C10H13N3O2/c14-10(15)5-8(7-1-2-7)13-9-3-4-11-6-12-9/h3-4,6-8H,1-2,5H2,(H,14,15)(H,11,12,13). The second-order valence-electron chi connectivity index (χ2n) is 3.78. The highest BCUT2D eigenvalue weighted by Crippen LogP contribution is 2.35. The van der Waals surface area contributed by atoms with Crippen LogP contribution in [-0.4, -0.2) is 27.1 Å². The van der Waals surface area contributed by atoms with Crippen LogP contribution >= 0.6 is 0 Å². The quantitative estimate of drug-likeness (QED) is 0.757. The molecule has 0 radical (unpaired) electrons. The molecule has 5 heteroatoms. The van der Waals surface area contributed by atoms with Gasteiger partial charge in [-0.1, -0.05) is 0 Å². The third-order valence-electron chi connectivity index (χ3n) is 2.50. The highest BCUT2D eigenvalue weighted by Gasteiger charge is 2.32. The van der Waals surface area contributed by atoms with Gasteiger partial charge in [0, 0.05) is 12.2 Å². The first-order valence-electron chi connectivity index (χ1n) is 5.00. The Morgan fingerprint density at radius 2 is 2.47 bits per heavy atom. The first-order chi connectivity index (χ1) is 7.25. The van der Waals surface area contributed by atoms with Crippen LogP contribution in [-0.2, 0) is 4.79 Å². The highest BCUT2D eigenvalue weighted by atomic mass is 16.4. The van der Waals surface area contributed by atoms with Crippen molar-refractivity contribution in [3.05, 3.63) is 18.6 Å². The van der Waals surface area contributed by atoms with Gasteiger partial charge in [0.15, 0.2) is 0 Å². The van der Waals surface area contributed by atoms with Gasteiger partial charge >= 0.3 is 5.97 Å². The number of aliphatic carboxylic acids is 1. The Kier molecular flexibility index (Phi) is 2.80. The molecule has 1 aromatic rings. The molecular weight excluding hydrogens is 194 g/mol. The van der Waals surface area contributed by atoms with E-state index in [1.165, 1.54) is 6.33 Å². The van der Waals surface area contributed by atoms with E-state index in [0.717, 1.165) is 12.8 Å². The van der Waals surface area contributed by atoms with Crippen LogP contribution in [0.5, 0.6) is 0 Å². The zero-order valence-electron chi connectivity index (χ0n) is 8.26. The maximum Gasteiger partial charge on any atom is 0.305 e. The van der Waals surface area contributed by atoms with Gasteiger partial charge in [0.1, 0.15) is 12.1 Å². The Balaban J connectivity index is 1.97. The van der Waals surface area contributed by atoms with Crippen molar-refractivity contribution in [2.75, 3.05) is 5.32 Å². The molecule has 2 N–H and O–H groups in total. The molecule has 0 saturated heterocycles. The van der Waals surface area contributed by atoms with Crippen LogP contribution in [0.4, 0.5) is 5.82 Å². The van der Waals surface area contributed by atoms with Crippen molar-refractivity contribution >= 4 is 11.8 Å². The van der Waals surface area contributed by atoms with E-state index in [-0.39, 0.29) is 12.5 Å². The summed E-state index contributed by atoms with van der Waals surface area (Å²) in [5, 5.41) is 11.9. The van der Waals surface area contributed by atoms with E-state index in [0.29, 0.717) is 11.7 Å². The summed E-state index contributed by atoms with van der Waals surface area (Å²) in [5.74, 6) is 0.410. The molecule has 0 bridgehead atoms. The van der Waals surface area contributed by atoms with Crippen LogP contribution in [0.3, 0.4) is 0 Å². The Bertz CT molecular complexity index is 338. The van der Waals surface area contributed by atoms with Crippen molar-refractivity contribution in [2.24, 2.45) is 5.92 Å². The minimum atomic E-state index is -0.770. The normalized spacial score (nSPS) is 17.1. The fraction of sp³-hybridized carbons (Fsp3) is 0.500. The lowest BCUT2D eigenvalue weighted by atomic mass is 10.1. The maximum atomic E-state index is 10.7. The Morgan fingerprint density at radius 3 is 3.00 bits per heavy atom. The third-order valence-corrected chi connectivity index (χ3v) is 2.50. The Hall–Kier alpha value is -1.65. The number of nitrogens with zero attached hydrogens (tertiary/aromatic N) is 2. The predicted octanol–water partition coefficient (Wildman–Crippen LogP) is 1.14. The molecule has 1 fully saturated rings. The van der Waals surface area contributed by atoms with E-state index in [1.54, 1.807) is 12.3 Å². The smallest absolute Gasteiger partial charge is 0.305 e. The van der Waals surface area contributed by atoms with Gasteiger partial charge in [0.05, 0.1) is 6.42 Å². The molecule has 0 spiro atoms. The zero-order valence-corrected chi connectivity index (χ0v) is 8.26. The van der Waals surface area contributed by atoms with Crippen molar-refractivity contribution in [2.45, 2.75) is 25.3 Å². The minimum Gasteiger partial charge on any atom is -0.481 e. The van der Waals surface area contributed by atoms with Gasteiger partial charge in [-0.3, -0.25) is 4.79 Å². The number of hydrogen-bond acceptors (Lipinski definition) is 4. The van der Waals surface area contributed by atoms with E-state index in [9.17, 15) is 4.79 Å². The summed E-state index contributed by atoms with van der Waals surface area (Å²) in [6.45, 7) is 0. The second kappa shape index (κ2) is 4.25. The van der Waals surface area contributed by atoms with Gasteiger partial charge in [-0.05, 0) is 24.8 Å². The number of aromatic nitrogens is 2. The monoisotopic (exact) mass is 207 g/mol. The van der Waals surface area contributed by atoms with Crippen LogP contribution < -0.4 is 5.32 Å². The molecule has 5 nitrogen and oxygen atoms in total. The third kappa shape index (κ3) is 2.90. The first-order valence-corrected chi connectivity index (χ1v) is 5.00. The number of rotatable bonds is 5. The molecule has 15 heavy (non-hydrogen) atoms. The van der Waals surface area contributed by atoms with E-state index >= 15 is 0 Å². The van der Waals surface area contributed by atoms with Crippen LogP contribution in [0.15, 0.2) is 18.6 Å². The average molecular weight is 207 g/mol. The molecule has 80 valence electrons. The molecule has 1 atom stereocenters. The fourth-order valence-corrected chi connectivity index (χ4v) is 1.59. The Morgan fingerprint density at radius 1 is 1.67 bits per heavy atom. The number of carboxylic acid groups (broad SMARTS) is 1.